The monoisotopic (exact) mass is 399 g/mol. The zero-order chi connectivity index (χ0) is 19.9. The lowest BCUT2D eigenvalue weighted by Crippen LogP contribution is -2.11. The fraction of sp³-hybridized carbons (Fsp3) is 0.125. The Bertz CT molecular complexity index is 1100. The number of rotatable bonds is 7. The van der Waals surface area contributed by atoms with E-state index in [1.54, 1.807) is 17.5 Å². The highest BCUT2D eigenvalue weighted by atomic mass is 32.1. The molecule has 2 aromatic carbocycles. The SMILES string of the molecule is O=C(CCCc1nc2ccccc2s1)Nc1cccc(/C=C/c2ccccn2)c1. The maximum Gasteiger partial charge on any atom is 0.224 e. The molecule has 0 radical (unpaired) electrons. The highest BCUT2D eigenvalue weighted by molar-refractivity contribution is 7.18. The minimum atomic E-state index is 0.0250. The summed E-state index contributed by atoms with van der Waals surface area (Å²) >= 11 is 1.70. The third kappa shape index (κ3) is 5.36. The highest BCUT2D eigenvalue weighted by Gasteiger charge is 2.06. The highest BCUT2D eigenvalue weighted by Crippen LogP contribution is 2.23. The minimum Gasteiger partial charge on any atom is -0.326 e. The third-order valence-corrected chi connectivity index (χ3v) is 5.53. The van der Waals surface area contributed by atoms with Crippen LogP contribution < -0.4 is 5.32 Å². The van der Waals surface area contributed by atoms with E-state index in [1.165, 1.54) is 4.70 Å². The van der Waals surface area contributed by atoms with Gasteiger partial charge in [0.15, 0.2) is 0 Å². The molecule has 144 valence electrons. The Morgan fingerprint density at radius 3 is 2.76 bits per heavy atom. The summed E-state index contributed by atoms with van der Waals surface area (Å²) in [6, 6.07) is 21.7. The normalized spacial score (nSPS) is 11.2. The number of thiazole rings is 1. The van der Waals surface area contributed by atoms with Crippen LogP contribution in [0.4, 0.5) is 5.69 Å². The van der Waals surface area contributed by atoms with Crippen molar-refractivity contribution in [2.45, 2.75) is 19.3 Å². The second-order valence-corrected chi connectivity index (χ2v) is 7.81. The number of nitrogens with one attached hydrogen (secondary N) is 1. The number of fused-ring (bicyclic) bond motifs is 1. The van der Waals surface area contributed by atoms with Gasteiger partial charge in [-0.05, 0) is 60.9 Å². The average molecular weight is 400 g/mol. The molecule has 1 N–H and O–H groups in total. The number of carbonyl (C=O) groups is 1. The smallest absolute Gasteiger partial charge is 0.224 e. The molecule has 0 bridgehead atoms. The first kappa shape index (κ1) is 19.0. The van der Waals surface area contributed by atoms with Crippen molar-refractivity contribution in [3.8, 4) is 0 Å². The molecule has 5 heteroatoms. The summed E-state index contributed by atoms with van der Waals surface area (Å²) in [5.41, 5.74) is 3.75. The largest absolute Gasteiger partial charge is 0.326 e. The van der Waals surface area contributed by atoms with Gasteiger partial charge in [-0.25, -0.2) is 4.98 Å². The van der Waals surface area contributed by atoms with Crippen LogP contribution >= 0.6 is 11.3 Å². The summed E-state index contributed by atoms with van der Waals surface area (Å²) in [5, 5.41) is 4.07. The molecule has 0 spiro atoms. The molecule has 29 heavy (non-hydrogen) atoms. The fourth-order valence-electron chi connectivity index (χ4n) is 3.03. The van der Waals surface area contributed by atoms with Crippen molar-refractivity contribution in [1.29, 1.82) is 0 Å². The van der Waals surface area contributed by atoms with Gasteiger partial charge in [-0.15, -0.1) is 11.3 Å². The summed E-state index contributed by atoms with van der Waals surface area (Å²) in [5.74, 6) is 0.0250. The number of hydrogen-bond acceptors (Lipinski definition) is 4. The number of para-hydroxylation sites is 1. The Morgan fingerprint density at radius 2 is 1.90 bits per heavy atom. The van der Waals surface area contributed by atoms with Crippen LogP contribution in [0.1, 0.15) is 29.1 Å². The maximum absolute atomic E-state index is 12.3. The van der Waals surface area contributed by atoms with E-state index >= 15 is 0 Å². The average Bonchev–Trinajstić information content (AvgIpc) is 3.16. The molecular weight excluding hydrogens is 378 g/mol. The molecule has 2 heterocycles. The molecule has 0 aliphatic carbocycles. The molecule has 0 atom stereocenters. The number of amides is 1. The molecule has 0 saturated carbocycles. The van der Waals surface area contributed by atoms with Gasteiger partial charge in [0.2, 0.25) is 5.91 Å². The van der Waals surface area contributed by atoms with E-state index in [0.29, 0.717) is 6.42 Å². The van der Waals surface area contributed by atoms with Gasteiger partial charge in [-0.2, -0.15) is 0 Å². The summed E-state index contributed by atoms with van der Waals surface area (Å²) < 4.78 is 1.20. The van der Waals surface area contributed by atoms with Crippen molar-refractivity contribution >= 4 is 45.3 Å². The molecule has 4 aromatic rings. The van der Waals surface area contributed by atoms with Gasteiger partial charge in [0, 0.05) is 18.3 Å². The van der Waals surface area contributed by atoms with Crippen LogP contribution in [-0.4, -0.2) is 15.9 Å². The maximum atomic E-state index is 12.3. The summed E-state index contributed by atoms with van der Waals surface area (Å²) in [6.07, 6.45) is 7.79. The quantitative estimate of drug-likeness (QED) is 0.426. The standard InChI is InChI=1S/C24H21N3OS/c28-23(12-6-13-24-27-21-10-1-2-11-22(21)29-24)26-20-9-5-7-18(17-20)14-15-19-8-3-4-16-25-19/h1-5,7-11,14-17H,6,12-13H2,(H,26,28)/b15-14+. The zero-order valence-corrected chi connectivity index (χ0v) is 16.7. The Hall–Kier alpha value is -3.31. The van der Waals surface area contributed by atoms with Gasteiger partial charge in [-0.1, -0.05) is 36.4 Å². The second-order valence-electron chi connectivity index (χ2n) is 6.69. The van der Waals surface area contributed by atoms with Crippen molar-refractivity contribution < 1.29 is 4.79 Å². The van der Waals surface area contributed by atoms with E-state index in [9.17, 15) is 4.79 Å². The fourth-order valence-corrected chi connectivity index (χ4v) is 4.04. The lowest BCUT2D eigenvalue weighted by atomic mass is 10.1. The first-order valence-corrected chi connectivity index (χ1v) is 10.4. The summed E-state index contributed by atoms with van der Waals surface area (Å²) in [6.45, 7) is 0. The van der Waals surface area contributed by atoms with E-state index in [4.69, 9.17) is 0 Å². The van der Waals surface area contributed by atoms with Crippen LogP contribution in [0.3, 0.4) is 0 Å². The van der Waals surface area contributed by atoms with Gasteiger partial charge >= 0.3 is 0 Å². The van der Waals surface area contributed by atoms with Gasteiger partial charge in [0.05, 0.1) is 20.9 Å². The molecule has 1 amide bonds. The van der Waals surface area contributed by atoms with Gasteiger partial charge < -0.3 is 5.32 Å². The lowest BCUT2D eigenvalue weighted by molar-refractivity contribution is -0.116. The van der Waals surface area contributed by atoms with Crippen molar-refractivity contribution in [2.75, 3.05) is 5.32 Å². The minimum absolute atomic E-state index is 0.0250. The molecule has 0 aliphatic rings. The van der Waals surface area contributed by atoms with E-state index in [-0.39, 0.29) is 5.91 Å². The van der Waals surface area contributed by atoms with E-state index < -0.39 is 0 Å². The zero-order valence-electron chi connectivity index (χ0n) is 15.9. The van der Waals surface area contributed by atoms with Crippen molar-refractivity contribution in [1.82, 2.24) is 9.97 Å². The van der Waals surface area contributed by atoms with Crippen molar-refractivity contribution in [3.63, 3.8) is 0 Å². The Kier molecular flexibility index (Phi) is 6.07. The Balaban J connectivity index is 1.29. The van der Waals surface area contributed by atoms with Crippen molar-refractivity contribution in [3.05, 3.63) is 89.2 Å². The van der Waals surface area contributed by atoms with E-state index in [0.717, 1.165) is 40.3 Å². The van der Waals surface area contributed by atoms with E-state index in [2.05, 4.69) is 21.4 Å². The number of aromatic nitrogens is 2. The van der Waals surface area contributed by atoms with Crippen molar-refractivity contribution in [2.24, 2.45) is 0 Å². The first-order valence-electron chi connectivity index (χ1n) is 9.60. The predicted octanol–water partition coefficient (Wildman–Crippen LogP) is 5.82. The van der Waals surface area contributed by atoms with Crippen LogP contribution in [0, 0.1) is 0 Å². The van der Waals surface area contributed by atoms with Crippen LogP contribution in [0.2, 0.25) is 0 Å². The third-order valence-electron chi connectivity index (χ3n) is 4.44. The predicted molar refractivity (Wildman–Crippen MR) is 121 cm³/mol. The van der Waals surface area contributed by atoms with Crippen LogP contribution in [-0.2, 0) is 11.2 Å². The summed E-state index contributed by atoms with van der Waals surface area (Å²) in [7, 11) is 0. The first-order chi connectivity index (χ1) is 14.3. The number of benzene rings is 2. The molecule has 0 unspecified atom stereocenters. The molecular formula is C24H21N3OS. The van der Waals surface area contributed by atoms with Crippen LogP contribution in [0.5, 0.6) is 0 Å². The van der Waals surface area contributed by atoms with Crippen LogP contribution in [0.25, 0.3) is 22.4 Å². The van der Waals surface area contributed by atoms with Gasteiger partial charge in [-0.3, -0.25) is 9.78 Å². The topological polar surface area (TPSA) is 54.9 Å². The van der Waals surface area contributed by atoms with E-state index in [1.807, 2.05) is 72.8 Å². The number of carbonyl (C=O) groups excluding carboxylic acids is 1. The number of pyridine rings is 1. The Morgan fingerprint density at radius 1 is 1.00 bits per heavy atom. The summed E-state index contributed by atoms with van der Waals surface area (Å²) in [4.78, 5) is 21.2. The molecule has 2 aromatic heterocycles. The number of aryl methyl sites for hydroxylation is 1. The van der Waals surface area contributed by atoms with Crippen LogP contribution in [0.15, 0.2) is 72.9 Å². The molecule has 0 fully saturated rings. The molecule has 4 nitrogen and oxygen atoms in total. The number of hydrogen-bond donors (Lipinski definition) is 1. The molecule has 4 rings (SSSR count). The molecule has 0 aliphatic heterocycles. The van der Waals surface area contributed by atoms with Gasteiger partial charge in [0.1, 0.15) is 0 Å². The number of nitrogens with zero attached hydrogens (tertiary/aromatic N) is 2. The van der Waals surface area contributed by atoms with Gasteiger partial charge in [0.25, 0.3) is 0 Å². The Labute approximate surface area is 174 Å². The molecule has 0 saturated heterocycles. The number of anilines is 1. The second kappa shape index (κ2) is 9.26. The lowest BCUT2D eigenvalue weighted by Gasteiger charge is -2.06.